The number of hydrogen-bond donors (Lipinski definition) is 3. The summed E-state index contributed by atoms with van der Waals surface area (Å²) in [7, 11) is 0. The number of hydrogen-bond acceptors (Lipinski definition) is 3. The zero-order valence-corrected chi connectivity index (χ0v) is 11.2. The normalized spacial score (nSPS) is 18.4. The van der Waals surface area contributed by atoms with Gasteiger partial charge in [0.2, 0.25) is 5.91 Å². The van der Waals surface area contributed by atoms with E-state index in [1.165, 1.54) is 0 Å². The fourth-order valence-corrected chi connectivity index (χ4v) is 2.10. The van der Waals surface area contributed by atoms with Crippen molar-refractivity contribution in [2.75, 3.05) is 19.6 Å². The van der Waals surface area contributed by atoms with Gasteiger partial charge >= 0.3 is 6.03 Å². The Morgan fingerprint density at radius 3 is 2.50 bits per heavy atom. The van der Waals surface area contributed by atoms with Crippen LogP contribution in [0.25, 0.3) is 0 Å². The predicted molar refractivity (Wildman–Crippen MR) is 70.1 cm³/mol. The number of carbonyl (C=O) groups is 2. The summed E-state index contributed by atoms with van der Waals surface area (Å²) in [4.78, 5) is 24.3. The van der Waals surface area contributed by atoms with Crippen molar-refractivity contribution in [3.05, 3.63) is 0 Å². The molecular formula is C12H24N4O2. The maximum Gasteiger partial charge on any atom is 0.314 e. The molecule has 1 saturated heterocycles. The van der Waals surface area contributed by atoms with E-state index in [4.69, 9.17) is 5.73 Å². The fraction of sp³-hybridized carbons (Fsp3) is 0.833. The highest BCUT2D eigenvalue weighted by Gasteiger charge is 2.23. The Morgan fingerprint density at radius 2 is 2.00 bits per heavy atom. The molecule has 4 N–H and O–H groups in total. The second-order valence-corrected chi connectivity index (χ2v) is 4.78. The molecule has 0 aromatic heterocycles. The molecule has 1 fully saturated rings. The quantitative estimate of drug-likeness (QED) is 0.648. The van der Waals surface area contributed by atoms with E-state index in [9.17, 15) is 9.59 Å². The molecule has 1 unspecified atom stereocenters. The van der Waals surface area contributed by atoms with E-state index in [2.05, 4.69) is 10.6 Å². The van der Waals surface area contributed by atoms with Crippen LogP contribution in [-0.2, 0) is 4.79 Å². The number of nitrogens with one attached hydrogen (secondary N) is 2. The lowest BCUT2D eigenvalue weighted by molar-refractivity contribution is -0.123. The first-order chi connectivity index (χ1) is 8.54. The van der Waals surface area contributed by atoms with Gasteiger partial charge in [-0.05, 0) is 26.2 Å². The molecule has 3 amide bonds. The number of nitrogens with two attached hydrogens (primary N) is 1. The lowest BCUT2D eigenvalue weighted by Gasteiger charge is -2.32. The van der Waals surface area contributed by atoms with Crippen molar-refractivity contribution in [3.8, 4) is 0 Å². The molecule has 0 aliphatic carbocycles. The predicted octanol–water partition coefficient (Wildman–Crippen LogP) is 0.0338. The Hall–Kier alpha value is -1.30. The van der Waals surface area contributed by atoms with Crippen molar-refractivity contribution in [1.29, 1.82) is 0 Å². The number of nitrogens with zero attached hydrogens (tertiary/aromatic N) is 1. The SMILES string of the molecule is CCCNC(=O)C(C)NC1CCN(C(N)=O)CC1. The van der Waals surface area contributed by atoms with E-state index < -0.39 is 0 Å². The molecule has 0 aromatic carbocycles. The molecule has 1 atom stereocenters. The first kappa shape index (κ1) is 14.8. The summed E-state index contributed by atoms with van der Waals surface area (Å²) >= 11 is 0. The molecule has 1 heterocycles. The molecule has 6 nitrogen and oxygen atoms in total. The Labute approximate surface area is 108 Å². The van der Waals surface area contributed by atoms with Crippen LogP contribution in [0.4, 0.5) is 4.79 Å². The molecule has 0 aromatic rings. The number of likely N-dealkylation sites (tertiary alicyclic amines) is 1. The fourth-order valence-electron chi connectivity index (χ4n) is 2.10. The highest BCUT2D eigenvalue weighted by molar-refractivity contribution is 5.81. The lowest BCUT2D eigenvalue weighted by atomic mass is 10.0. The van der Waals surface area contributed by atoms with E-state index >= 15 is 0 Å². The largest absolute Gasteiger partial charge is 0.355 e. The van der Waals surface area contributed by atoms with Gasteiger partial charge in [-0.3, -0.25) is 4.79 Å². The molecule has 0 spiro atoms. The van der Waals surface area contributed by atoms with Gasteiger partial charge in [0, 0.05) is 25.7 Å². The molecule has 1 rings (SSSR count). The minimum Gasteiger partial charge on any atom is -0.355 e. The molecule has 1 aliphatic rings. The van der Waals surface area contributed by atoms with E-state index in [1.807, 2.05) is 13.8 Å². The maximum atomic E-state index is 11.7. The summed E-state index contributed by atoms with van der Waals surface area (Å²) in [6.45, 7) is 5.93. The van der Waals surface area contributed by atoms with Gasteiger partial charge in [0.1, 0.15) is 0 Å². The molecular weight excluding hydrogens is 232 g/mol. The third kappa shape index (κ3) is 4.52. The summed E-state index contributed by atoms with van der Waals surface area (Å²) in [6.07, 6.45) is 2.62. The van der Waals surface area contributed by atoms with Gasteiger partial charge in [-0.15, -0.1) is 0 Å². The summed E-state index contributed by atoms with van der Waals surface area (Å²) in [6, 6.07) is -0.271. The first-order valence-electron chi connectivity index (χ1n) is 6.62. The monoisotopic (exact) mass is 256 g/mol. The standard InChI is InChI=1S/C12H24N4O2/c1-3-6-14-11(17)9(2)15-10-4-7-16(8-5-10)12(13)18/h9-10,15H,3-8H2,1-2H3,(H2,13,18)(H,14,17). The molecule has 0 saturated carbocycles. The van der Waals surface area contributed by atoms with Crippen molar-refractivity contribution < 1.29 is 9.59 Å². The molecule has 1 aliphatic heterocycles. The van der Waals surface area contributed by atoms with Crippen molar-refractivity contribution in [2.45, 2.75) is 45.2 Å². The lowest BCUT2D eigenvalue weighted by Crippen LogP contribution is -2.52. The molecule has 6 heteroatoms. The van der Waals surface area contributed by atoms with E-state index in [0.717, 1.165) is 19.3 Å². The van der Waals surface area contributed by atoms with Crippen LogP contribution in [0.2, 0.25) is 0 Å². The minimum atomic E-state index is -0.359. The summed E-state index contributed by atoms with van der Waals surface area (Å²) < 4.78 is 0. The third-order valence-electron chi connectivity index (χ3n) is 3.23. The third-order valence-corrected chi connectivity index (χ3v) is 3.23. The number of primary amides is 1. The molecule has 18 heavy (non-hydrogen) atoms. The molecule has 0 bridgehead atoms. The Bertz CT molecular complexity index is 288. The van der Waals surface area contributed by atoms with Crippen LogP contribution in [0, 0.1) is 0 Å². The van der Waals surface area contributed by atoms with Crippen LogP contribution >= 0.6 is 0 Å². The van der Waals surface area contributed by atoms with Gasteiger partial charge in [0.25, 0.3) is 0 Å². The second-order valence-electron chi connectivity index (χ2n) is 4.78. The first-order valence-corrected chi connectivity index (χ1v) is 6.62. The average Bonchev–Trinajstić information content (AvgIpc) is 2.36. The topological polar surface area (TPSA) is 87.5 Å². The van der Waals surface area contributed by atoms with Crippen LogP contribution in [-0.4, -0.2) is 48.6 Å². The van der Waals surface area contributed by atoms with Crippen molar-refractivity contribution in [3.63, 3.8) is 0 Å². The number of urea groups is 1. The number of amides is 3. The second kappa shape index (κ2) is 7.20. The average molecular weight is 256 g/mol. The number of piperidine rings is 1. The van der Waals surface area contributed by atoms with Gasteiger partial charge in [-0.1, -0.05) is 6.92 Å². The van der Waals surface area contributed by atoms with Gasteiger partial charge < -0.3 is 21.3 Å². The molecule has 0 radical (unpaired) electrons. The smallest absolute Gasteiger partial charge is 0.314 e. The Morgan fingerprint density at radius 1 is 1.39 bits per heavy atom. The van der Waals surface area contributed by atoms with Gasteiger partial charge in [0.15, 0.2) is 0 Å². The van der Waals surface area contributed by atoms with Gasteiger partial charge in [-0.25, -0.2) is 4.79 Å². The van der Waals surface area contributed by atoms with Crippen molar-refractivity contribution in [1.82, 2.24) is 15.5 Å². The number of rotatable bonds is 5. The summed E-state index contributed by atoms with van der Waals surface area (Å²) in [5.74, 6) is 0.0363. The summed E-state index contributed by atoms with van der Waals surface area (Å²) in [5.41, 5.74) is 5.22. The molecule has 104 valence electrons. The zero-order chi connectivity index (χ0) is 13.5. The Balaban J connectivity index is 2.27. The van der Waals surface area contributed by atoms with E-state index in [-0.39, 0.29) is 24.0 Å². The minimum absolute atomic E-state index is 0.0363. The Kier molecular flexibility index (Phi) is 5.91. The van der Waals surface area contributed by atoms with E-state index in [1.54, 1.807) is 4.90 Å². The van der Waals surface area contributed by atoms with Crippen molar-refractivity contribution >= 4 is 11.9 Å². The summed E-state index contributed by atoms with van der Waals surface area (Å²) in [5, 5.41) is 6.16. The van der Waals surface area contributed by atoms with Crippen LogP contribution in [0.5, 0.6) is 0 Å². The van der Waals surface area contributed by atoms with Crippen LogP contribution in [0.15, 0.2) is 0 Å². The van der Waals surface area contributed by atoms with Gasteiger partial charge in [-0.2, -0.15) is 0 Å². The number of carbonyl (C=O) groups excluding carboxylic acids is 2. The van der Waals surface area contributed by atoms with Gasteiger partial charge in [0.05, 0.1) is 6.04 Å². The van der Waals surface area contributed by atoms with Crippen LogP contribution in [0.3, 0.4) is 0 Å². The van der Waals surface area contributed by atoms with Crippen LogP contribution in [0.1, 0.15) is 33.1 Å². The highest BCUT2D eigenvalue weighted by atomic mass is 16.2. The van der Waals surface area contributed by atoms with Crippen LogP contribution < -0.4 is 16.4 Å². The highest BCUT2D eigenvalue weighted by Crippen LogP contribution is 2.10. The van der Waals surface area contributed by atoms with E-state index in [0.29, 0.717) is 19.6 Å². The van der Waals surface area contributed by atoms with Crippen molar-refractivity contribution in [2.24, 2.45) is 5.73 Å². The maximum absolute atomic E-state index is 11.7. The zero-order valence-electron chi connectivity index (χ0n) is 11.2.